The van der Waals surface area contributed by atoms with E-state index in [4.69, 9.17) is 4.74 Å². The number of nitrogens with zero attached hydrogens (tertiary/aromatic N) is 1. The molecule has 6 nitrogen and oxygen atoms in total. The molecule has 17 heavy (non-hydrogen) atoms. The van der Waals surface area contributed by atoms with Crippen LogP contribution in [0.2, 0.25) is 0 Å². The van der Waals surface area contributed by atoms with Crippen LogP contribution in [-0.4, -0.2) is 35.3 Å². The van der Waals surface area contributed by atoms with E-state index >= 15 is 0 Å². The Kier molecular flexibility index (Phi) is 3.26. The van der Waals surface area contributed by atoms with Crippen molar-refractivity contribution >= 4 is 5.69 Å². The van der Waals surface area contributed by atoms with Gasteiger partial charge in [0.05, 0.1) is 4.92 Å². The summed E-state index contributed by atoms with van der Waals surface area (Å²) >= 11 is 0. The first-order valence-electron chi connectivity index (χ1n) is 5.38. The molecule has 0 aliphatic carbocycles. The molecule has 2 rings (SSSR count). The van der Waals surface area contributed by atoms with Crippen LogP contribution < -0.4 is 10.1 Å². The number of nitrogens with one attached hydrogen (secondary N) is 1. The van der Waals surface area contributed by atoms with Crippen LogP contribution in [0.3, 0.4) is 0 Å². The summed E-state index contributed by atoms with van der Waals surface area (Å²) in [6.07, 6.45) is -0.834. The van der Waals surface area contributed by atoms with Crippen molar-refractivity contribution in [3.05, 3.63) is 33.9 Å². The lowest BCUT2D eigenvalue weighted by atomic mass is 10.2. The number of aliphatic hydroxyl groups excluding tert-OH is 1. The minimum atomic E-state index is -0.537. The van der Waals surface area contributed by atoms with Crippen LogP contribution in [0.15, 0.2) is 18.2 Å². The van der Waals surface area contributed by atoms with E-state index in [1.54, 1.807) is 13.0 Å². The molecule has 1 aliphatic rings. The summed E-state index contributed by atoms with van der Waals surface area (Å²) in [4.78, 5) is 10.1. The van der Waals surface area contributed by atoms with Crippen molar-refractivity contribution in [2.75, 3.05) is 13.1 Å². The smallest absolute Gasteiger partial charge is 0.269 e. The van der Waals surface area contributed by atoms with Crippen molar-refractivity contribution < 1.29 is 14.8 Å². The van der Waals surface area contributed by atoms with Gasteiger partial charge in [-0.3, -0.25) is 10.1 Å². The van der Waals surface area contributed by atoms with Crippen LogP contribution in [0.4, 0.5) is 5.69 Å². The summed E-state index contributed by atoms with van der Waals surface area (Å²) in [5.41, 5.74) is 0.734. The third kappa shape index (κ3) is 2.54. The molecule has 1 fully saturated rings. The predicted octanol–water partition coefficient (Wildman–Crippen LogP) is 0.615. The normalized spacial score (nSPS) is 23.6. The molecule has 2 atom stereocenters. The maximum Gasteiger partial charge on any atom is 0.269 e. The zero-order valence-electron chi connectivity index (χ0n) is 9.42. The molecule has 1 aliphatic heterocycles. The second-order valence-corrected chi connectivity index (χ2v) is 4.09. The van der Waals surface area contributed by atoms with E-state index in [1.807, 2.05) is 0 Å². The quantitative estimate of drug-likeness (QED) is 0.595. The van der Waals surface area contributed by atoms with Gasteiger partial charge in [0.1, 0.15) is 18.0 Å². The molecule has 0 aromatic heterocycles. The fraction of sp³-hybridized carbons (Fsp3) is 0.455. The first-order chi connectivity index (χ1) is 8.08. The zero-order valence-corrected chi connectivity index (χ0v) is 9.42. The molecule has 6 heteroatoms. The van der Waals surface area contributed by atoms with E-state index in [2.05, 4.69) is 5.32 Å². The summed E-state index contributed by atoms with van der Waals surface area (Å²) in [7, 11) is 0. The molecule has 0 saturated carbocycles. The molecule has 1 saturated heterocycles. The third-order valence-corrected chi connectivity index (χ3v) is 2.78. The highest BCUT2D eigenvalue weighted by molar-refractivity contribution is 5.43. The monoisotopic (exact) mass is 238 g/mol. The first kappa shape index (κ1) is 11.8. The highest BCUT2D eigenvalue weighted by atomic mass is 16.6. The molecular weight excluding hydrogens is 224 g/mol. The van der Waals surface area contributed by atoms with E-state index in [9.17, 15) is 15.2 Å². The fourth-order valence-corrected chi connectivity index (χ4v) is 1.80. The number of aliphatic hydroxyl groups is 1. The highest BCUT2D eigenvalue weighted by Crippen LogP contribution is 2.25. The van der Waals surface area contributed by atoms with Gasteiger partial charge >= 0.3 is 0 Å². The van der Waals surface area contributed by atoms with Crippen molar-refractivity contribution in [1.82, 2.24) is 5.32 Å². The molecule has 0 amide bonds. The number of β-amino-alcohol motifs (C(OH)–C–C–N with tert-alkyl or cyclic N) is 1. The Morgan fingerprint density at radius 1 is 1.53 bits per heavy atom. The lowest BCUT2D eigenvalue weighted by Gasteiger charge is -2.17. The summed E-state index contributed by atoms with van der Waals surface area (Å²) in [6, 6.07) is 4.43. The summed E-state index contributed by atoms with van der Waals surface area (Å²) in [5, 5.41) is 23.2. The number of non-ortho nitro benzene ring substituents is 1. The average molecular weight is 238 g/mol. The van der Waals surface area contributed by atoms with Crippen LogP contribution in [0.25, 0.3) is 0 Å². The third-order valence-electron chi connectivity index (χ3n) is 2.78. The Hall–Kier alpha value is -1.66. The van der Waals surface area contributed by atoms with Crippen molar-refractivity contribution in [2.45, 2.75) is 19.1 Å². The van der Waals surface area contributed by atoms with Gasteiger partial charge in [0.25, 0.3) is 5.69 Å². The molecule has 0 bridgehead atoms. The maximum atomic E-state index is 10.6. The van der Waals surface area contributed by atoms with E-state index in [-0.39, 0.29) is 11.8 Å². The maximum absolute atomic E-state index is 10.6. The second-order valence-electron chi connectivity index (χ2n) is 4.09. The number of aryl methyl sites for hydroxylation is 1. The molecule has 1 aromatic carbocycles. The van der Waals surface area contributed by atoms with Gasteiger partial charge in [0, 0.05) is 25.2 Å². The average Bonchev–Trinajstić information content (AvgIpc) is 2.67. The van der Waals surface area contributed by atoms with Crippen LogP contribution in [0, 0.1) is 17.0 Å². The number of rotatable bonds is 3. The van der Waals surface area contributed by atoms with Crippen LogP contribution in [0.5, 0.6) is 5.75 Å². The van der Waals surface area contributed by atoms with E-state index in [0.29, 0.717) is 24.4 Å². The van der Waals surface area contributed by atoms with Crippen molar-refractivity contribution in [3.8, 4) is 5.75 Å². The molecule has 1 heterocycles. The largest absolute Gasteiger partial charge is 0.486 e. The Labute approximate surface area is 98.4 Å². The second kappa shape index (κ2) is 4.68. The predicted molar refractivity (Wildman–Crippen MR) is 61.1 cm³/mol. The lowest BCUT2D eigenvalue weighted by Crippen LogP contribution is -2.30. The number of ether oxygens (including phenoxy) is 1. The zero-order chi connectivity index (χ0) is 12.4. The van der Waals surface area contributed by atoms with Gasteiger partial charge in [0.15, 0.2) is 0 Å². The van der Waals surface area contributed by atoms with E-state index in [1.165, 1.54) is 12.1 Å². The number of hydrogen-bond acceptors (Lipinski definition) is 5. The Morgan fingerprint density at radius 3 is 2.82 bits per heavy atom. The molecule has 0 radical (unpaired) electrons. The lowest BCUT2D eigenvalue weighted by molar-refractivity contribution is -0.384. The summed E-state index contributed by atoms with van der Waals surface area (Å²) in [6.45, 7) is 2.84. The molecule has 2 N–H and O–H groups in total. The van der Waals surface area contributed by atoms with Crippen LogP contribution >= 0.6 is 0 Å². The van der Waals surface area contributed by atoms with Gasteiger partial charge in [-0.25, -0.2) is 0 Å². The van der Waals surface area contributed by atoms with Gasteiger partial charge in [0.2, 0.25) is 0 Å². The Balaban J connectivity index is 2.14. The number of benzene rings is 1. The van der Waals surface area contributed by atoms with Gasteiger partial charge in [-0.1, -0.05) is 0 Å². The van der Waals surface area contributed by atoms with Crippen LogP contribution in [-0.2, 0) is 0 Å². The molecule has 2 unspecified atom stereocenters. The fourth-order valence-electron chi connectivity index (χ4n) is 1.80. The van der Waals surface area contributed by atoms with E-state index in [0.717, 1.165) is 0 Å². The molecule has 92 valence electrons. The standard InChI is InChI=1S/C11H14N2O4/c1-7-4-8(13(15)16)2-3-10(7)17-11-6-12-5-9(11)14/h2-4,9,11-12,14H,5-6H2,1H3. The van der Waals surface area contributed by atoms with Gasteiger partial charge in [-0.15, -0.1) is 0 Å². The Morgan fingerprint density at radius 2 is 2.29 bits per heavy atom. The van der Waals surface area contributed by atoms with E-state index < -0.39 is 11.0 Å². The van der Waals surface area contributed by atoms with Gasteiger partial charge < -0.3 is 15.2 Å². The van der Waals surface area contributed by atoms with Crippen molar-refractivity contribution in [1.29, 1.82) is 0 Å². The first-order valence-corrected chi connectivity index (χ1v) is 5.38. The minimum Gasteiger partial charge on any atom is -0.486 e. The van der Waals surface area contributed by atoms with Crippen LogP contribution in [0.1, 0.15) is 5.56 Å². The summed E-state index contributed by atoms with van der Waals surface area (Å²) < 4.78 is 5.62. The highest BCUT2D eigenvalue weighted by Gasteiger charge is 2.27. The number of nitro groups is 1. The van der Waals surface area contributed by atoms with Crippen molar-refractivity contribution in [3.63, 3.8) is 0 Å². The van der Waals surface area contributed by atoms with Crippen molar-refractivity contribution in [2.24, 2.45) is 0 Å². The minimum absolute atomic E-state index is 0.0416. The molecular formula is C11H14N2O4. The Bertz CT molecular complexity index is 435. The molecule has 0 spiro atoms. The summed E-state index contributed by atoms with van der Waals surface area (Å²) in [5.74, 6) is 0.573. The van der Waals surface area contributed by atoms with Gasteiger partial charge in [-0.05, 0) is 18.6 Å². The SMILES string of the molecule is Cc1cc([N+](=O)[O-])ccc1OC1CNCC1O. The number of nitro benzene ring substituents is 1. The topological polar surface area (TPSA) is 84.6 Å². The van der Waals surface area contributed by atoms with Gasteiger partial charge in [-0.2, -0.15) is 0 Å². The number of hydrogen-bond donors (Lipinski definition) is 2. The molecule has 1 aromatic rings.